The molecule has 0 saturated carbocycles. The van der Waals surface area contributed by atoms with Gasteiger partial charge in [0, 0.05) is 6.54 Å². The van der Waals surface area contributed by atoms with Gasteiger partial charge in [-0.3, -0.25) is 4.79 Å². The largest absolute Gasteiger partial charge is 0.411 e. The van der Waals surface area contributed by atoms with Crippen molar-refractivity contribution in [1.82, 2.24) is 10.2 Å². The summed E-state index contributed by atoms with van der Waals surface area (Å²) in [4.78, 5) is 11.3. The van der Waals surface area contributed by atoms with Crippen molar-refractivity contribution in [3.05, 3.63) is 57.0 Å². The Kier molecular flexibility index (Phi) is 5.62. The summed E-state index contributed by atoms with van der Waals surface area (Å²) in [6.07, 6.45) is -2.94. The monoisotopic (exact) mass is 347 g/mol. The van der Waals surface area contributed by atoms with Gasteiger partial charge < -0.3 is 10.1 Å². The van der Waals surface area contributed by atoms with E-state index < -0.39 is 18.3 Å². The van der Waals surface area contributed by atoms with Gasteiger partial charge in [-0.1, -0.05) is 35.9 Å². The van der Waals surface area contributed by atoms with Crippen LogP contribution in [0.5, 0.6) is 0 Å². The lowest BCUT2D eigenvalue weighted by Gasteiger charge is -2.09. The van der Waals surface area contributed by atoms with Crippen LogP contribution in [0.15, 0.2) is 35.3 Å². The second-order valence-electron chi connectivity index (χ2n) is 4.70. The lowest BCUT2D eigenvalue weighted by molar-refractivity contribution is -0.176. The maximum Gasteiger partial charge on any atom is 0.411 e. The second kappa shape index (κ2) is 7.47. The minimum atomic E-state index is -4.33. The van der Waals surface area contributed by atoms with Crippen LogP contribution in [0, 0.1) is 0 Å². The van der Waals surface area contributed by atoms with Crippen molar-refractivity contribution in [2.45, 2.75) is 19.3 Å². The first kappa shape index (κ1) is 17.3. The number of hydrogen-bond acceptors (Lipinski definition) is 4. The Labute approximate surface area is 134 Å². The Morgan fingerprint density at radius 3 is 2.52 bits per heavy atom. The molecule has 1 aromatic carbocycles. The number of benzene rings is 1. The first-order valence-electron chi connectivity index (χ1n) is 6.54. The number of hydrogen-bond donors (Lipinski definition) is 2. The van der Waals surface area contributed by atoms with Crippen molar-refractivity contribution in [1.29, 1.82) is 0 Å². The van der Waals surface area contributed by atoms with Gasteiger partial charge in [0.15, 0.2) is 0 Å². The Hall–Kier alpha value is -2.06. The van der Waals surface area contributed by atoms with E-state index in [1.807, 2.05) is 0 Å². The molecule has 0 fully saturated rings. The van der Waals surface area contributed by atoms with Gasteiger partial charge in [-0.25, -0.2) is 5.10 Å². The Bertz CT molecular complexity index is 702. The van der Waals surface area contributed by atoms with Gasteiger partial charge in [0.05, 0.1) is 18.5 Å². The van der Waals surface area contributed by atoms with E-state index >= 15 is 0 Å². The third-order valence-electron chi connectivity index (χ3n) is 2.84. The maximum atomic E-state index is 12.0. The molecule has 1 heterocycles. The third kappa shape index (κ3) is 5.57. The third-order valence-corrected chi connectivity index (χ3v) is 3.21. The van der Waals surface area contributed by atoms with Crippen LogP contribution in [-0.4, -0.2) is 23.0 Å². The first-order valence-corrected chi connectivity index (χ1v) is 6.92. The molecule has 0 bridgehead atoms. The highest BCUT2D eigenvalue weighted by Crippen LogP contribution is 2.17. The zero-order valence-corrected chi connectivity index (χ0v) is 12.5. The molecule has 2 aromatic rings. The lowest BCUT2D eigenvalue weighted by Crippen LogP contribution is -2.16. The molecule has 2 rings (SSSR count). The SMILES string of the molecule is O=c1[nH]ncc(NCc2ccc(COCC(F)(F)F)cc2)c1Cl. The van der Waals surface area contributed by atoms with E-state index in [2.05, 4.69) is 20.3 Å². The fraction of sp³-hybridized carbons (Fsp3) is 0.286. The molecule has 0 aliphatic heterocycles. The van der Waals surface area contributed by atoms with Gasteiger partial charge in [-0.2, -0.15) is 18.3 Å². The molecule has 9 heteroatoms. The van der Waals surface area contributed by atoms with Crippen molar-refractivity contribution in [2.24, 2.45) is 0 Å². The fourth-order valence-electron chi connectivity index (χ4n) is 1.74. The van der Waals surface area contributed by atoms with Gasteiger partial charge >= 0.3 is 6.18 Å². The number of aromatic amines is 1. The zero-order valence-electron chi connectivity index (χ0n) is 11.8. The van der Waals surface area contributed by atoms with Crippen molar-refractivity contribution in [3.63, 3.8) is 0 Å². The average molecular weight is 348 g/mol. The van der Waals surface area contributed by atoms with E-state index in [-0.39, 0.29) is 11.6 Å². The van der Waals surface area contributed by atoms with Crippen molar-refractivity contribution in [2.75, 3.05) is 11.9 Å². The summed E-state index contributed by atoms with van der Waals surface area (Å²) < 4.78 is 40.5. The highest BCUT2D eigenvalue weighted by Gasteiger charge is 2.27. The molecule has 1 aromatic heterocycles. The number of nitrogens with one attached hydrogen (secondary N) is 2. The summed E-state index contributed by atoms with van der Waals surface area (Å²) in [5.41, 5.74) is 1.40. The van der Waals surface area contributed by atoms with E-state index in [1.54, 1.807) is 24.3 Å². The molecule has 0 aliphatic carbocycles. The van der Waals surface area contributed by atoms with Gasteiger partial charge in [0.25, 0.3) is 5.56 Å². The zero-order chi connectivity index (χ0) is 16.9. The smallest absolute Gasteiger partial charge is 0.378 e. The molecular weight excluding hydrogens is 335 g/mol. The van der Waals surface area contributed by atoms with Gasteiger partial charge in [-0.05, 0) is 11.1 Å². The van der Waals surface area contributed by atoms with Crippen LogP contribution in [0.4, 0.5) is 18.9 Å². The summed E-state index contributed by atoms with van der Waals surface area (Å²) in [5.74, 6) is 0. The number of ether oxygens (including phenoxy) is 1. The molecule has 2 N–H and O–H groups in total. The number of aromatic nitrogens is 2. The average Bonchev–Trinajstić information content (AvgIpc) is 2.49. The minimum absolute atomic E-state index is 0.0113. The normalized spacial score (nSPS) is 11.5. The van der Waals surface area contributed by atoms with Gasteiger partial charge in [0.2, 0.25) is 0 Å². The summed E-state index contributed by atoms with van der Waals surface area (Å²) in [6.45, 7) is -1.00. The fourth-order valence-corrected chi connectivity index (χ4v) is 1.90. The van der Waals surface area contributed by atoms with Crippen LogP contribution in [0.25, 0.3) is 0 Å². The number of anilines is 1. The lowest BCUT2D eigenvalue weighted by atomic mass is 10.1. The quantitative estimate of drug-likeness (QED) is 0.842. The second-order valence-corrected chi connectivity index (χ2v) is 5.08. The topological polar surface area (TPSA) is 67.0 Å². The van der Waals surface area contributed by atoms with E-state index in [1.165, 1.54) is 6.20 Å². The summed E-state index contributed by atoms with van der Waals surface area (Å²) in [5, 5.41) is 8.81. The minimum Gasteiger partial charge on any atom is -0.378 e. The molecule has 5 nitrogen and oxygen atoms in total. The van der Waals surface area contributed by atoms with Crippen LogP contribution in [-0.2, 0) is 17.9 Å². The molecular formula is C14H13ClF3N3O2. The van der Waals surface area contributed by atoms with Crippen molar-refractivity contribution >= 4 is 17.3 Å². The molecule has 0 unspecified atom stereocenters. The van der Waals surface area contributed by atoms with Crippen LogP contribution in [0.3, 0.4) is 0 Å². The molecule has 0 spiro atoms. The molecule has 124 valence electrons. The van der Waals surface area contributed by atoms with Crippen LogP contribution < -0.4 is 10.9 Å². The van der Waals surface area contributed by atoms with Crippen LogP contribution in [0.1, 0.15) is 11.1 Å². The molecule has 23 heavy (non-hydrogen) atoms. The highest BCUT2D eigenvalue weighted by molar-refractivity contribution is 6.32. The van der Waals surface area contributed by atoms with E-state index in [9.17, 15) is 18.0 Å². The van der Waals surface area contributed by atoms with Gasteiger partial charge in [0.1, 0.15) is 11.6 Å². The number of H-pyrrole nitrogens is 1. The Morgan fingerprint density at radius 2 is 1.87 bits per heavy atom. The number of rotatable bonds is 6. The molecule has 0 saturated heterocycles. The summed E-state index contributed by atoms with van der Waals surface area (Å²) in [6, 6.07) is 6.83. The van der Waals surface area contributed by atoms with Crippen molar-refractivity contribution in [3.8, 4) is 0 Å². The first-order chi connectivity index (χ1) is 10.8. The standard InChI is InChI=1S/C14H13ClF3N3O2/c15-12-11(6-20-21-13(12)22)19-5-9-1-3-10(4-2-9)7-23-8-14(16,17)18/h1-4,6H,5,7-8H2,(H2,19,21,22). The number of nitrogens with zero attached hydrogens (tertiary/aromatic N) is 1. The Balaban J connectivity index is 1.88. The summed E-state index contributed by atoms with van der Waals surface area (Å²) >= 11 is 5.82. The predicted octanol–water partition coefficient (Wildman–Crippen LogP) is 3.11. The number of alkyl halides is 3. The van der Waals surface area contributed by atoms with Gasteiger partial charge in [-0.15, -0.1) is 0 Å². The molecule has 0 atom stereocenters. The van der Waals surface area contributed by atoms with Crippen molar-refractivity contribution < 1.29 is 17.9 Å². The van der Waals surface area contributed by atoms with E-state index in [4.69, 9.17) is 11.6 Å². The van der Waals surface area contributed by atoms with E-state index in [0.717, 1.165) is 5.56 Å². The maximum absolute atomic E-state index is 12.0. The summed E-state index contributed by atoms with van der Waals surface area (Å²) in [7, 11) is 0. The molecule has 0 amide bonds. The van der Waals surface area contributed by atoms with Crippen LogP contribution >= 0.6 is 11.6 Å². The van der Waals surface area contributed by atoms with Crippen LogP contribution in [0.2, 0.25) is 5.02 Å². The molecule has 0 radical (unpaired) electrons. The predicted molar refractivity (Wildman–Crippen MR) is 79.3 cm³/mol. The number of halogens is 4. The van der Waals surface area contributed by atoms with E-state index in [0.29, 0.717) is 17.8 Å². The Morgan fingerprint density at radius 1 is 1.22 bits per heavy atom. The highest BCUT2D eigenvalue weighted by atomic mass is 35.5. The molecule has 0 aliphatic rings.